The summed E-state index contributed by atoms with van der Waals surface area (Å²) in [5.41, 5.74) is 1.26. The molecular formula is C34H48N4O10. The van der Waals surface area contributed by atoms with E-state index in [0.717, 1.165) is 0 Å². The summed E-state index contributed by atoms with van der Waals surface area (Å²) in [4.78, 5) is 54.5. The molecule has 1 aliphatic rings. The number of rotatable bonds is 10. The van der Waals surface area contributed by atoms with Crippen molar-refractivity contribution < 1.29 is 47.6 Å². The number of nitrogens with zero attached hydrogens (tertiary/aromatic N) is 2. The van der Waals surface area contributed by atoms with Gasteiger partial charge in [-0.1, -0.05) is 60.7 Å². The van der Waals surface area contributed by atoms with Gasteiger partial charge in [0, 0.05) is 26.2 Å². The second-order valence-electron chi connectivity index (χ2n) is 10.9. The lowest BCUT2D eigenvalue weighted by molar-refractivity contribution is -0.145. The van der Waals surface area contributed by atoms with Crippen molar-refractivity contribution in [1.82, 2.24) is 20.4 Å². The molecule has 14 nitrogen and oxygen atoms in total. The highest BCUT2D eigenvalue weighted by molar-refractivity contribution is 5.87. The van der Waals surface area contributed by atoms with E-state index in [0.29, 0.717) is 90.2 Å². The average molecular weight is 673 g/mol. The number of benzene rings is 2. The zero-order valence-electron chi connectivity index (χ0n) is 27.8. The van der Waals surface area contributed by atoms with E-state index in [1.54, 1.807) is 48.5 Å². The van der Waals surface area contributed by atoms with Gasteiger partial charge >= 0.3 is 11.9 Å². The Bertz CT molecular complexity index is 1120. The molecule has 264 valence electrons. The average Bonchev–Trinajstić information content (AvgIpc) is 3.11. The monoisotopic (exact) mass is 672 g/mol. The van der Waals surface area contributed by atoms with Crippen LogP contribution in [0.5, 0.6) is 0 Å². The number of nitrogens with one attached hydrogen (secondary N) is 2. The molecule has 1 fully saturated rings. The number of carbonyl (C=O) groups excluding carboxylic acids is 4. The van der Waals surface area contributed by atoms with Gasteiger partial charge in [0.05, 0.1) is 80.2 Å². The van der Waals surface area contributed by atoms with Crippen LogP contribution in [0.1, 0.15) is 23.2 Å². The molecular weight excluding hydrogens is 624 g/mol. The van der Waals surface area contributed by atoms with Crippen molar-refractivity contribution >= 4 is 23.8 Å². The van der Waals surface area contributed by atoms with Gasteiger partial charge in [-0.25, -0.2) is 9.59 Å². The highest BCUT2D eigenvalue weighted by atomic mass is 16.5. The maximum Gasteiger partial charge on any atom is 0.333 e. The van der Waals surface area contributed by atoms with E-state index in [-0.39, 0.29) is 24.9 Å². The summed E-state index contributed by atoms with van der Waals surface area (Å²) in [5.74, 6) is -1.77. The molecule has 2 aromatic carbocycles. The molecule has 0 saturated carbocycles. The maximum absolute atomic E-state index is 13.0. The molecule has 14 heteroatoms. The molecule has 2 N–H and O–H groups in total. The minimum atomic E-state index is -0.915. The van der Waals surface area contributed by atoms with Crippen LogP contribution in [0.15, 0.2) is 60.7 Å². The summed E-state index contributed by atoms with van der Waals surface area (Å²) >= 11 is 0. The quantitative estimate of drug-likeness (QED) is 0.342. The lowest BCUT2D eigenvalue weighted by atomic mass is 10.1. The number of hydrogen-bond donors (Lipinski definition) is 2. The van der Waals surface area contributed by atoms with Gasteiger partial charge in [-0.2, -0.15) is 0 Å². The first kappa shape index (κ1) is 38.5. The Morgan fingerprint density at radius 3 is 1.17 bits per heavy atom. The Balaban J connectivity index is 1.47. The van der Waals surface area contributed by atoms with Crippen molar-refractivity contribution in [2.75, 3.05) is 106 Å². The second-order valence-corrected chi connectivity index (χ2v) is 10.9. The Morgan fingerprint density at radius 1 is 0.562 bits per heavy atom. The van der Waals surface area contributed by atoms with Crippen LogP contribution in [0.4, 0.5) is 0 Å². The molecule has 0 radical (unpaired) electrons. The molecule has 2 atom stereocenters. The van der Waals surface area contributed by atoms with Gasteiger partial charge in [-0.15, -0.1) is 0 Å². The summed E-state index contributed by atoms with van der Waals surface area (Å²) in [7, 11) is 2.57. The third kappa shape index (κ3) is 14.5. The Hall–Kier alpha value is -3.92. The number of methoxy groups -OCH3 is 2. The van der Waals surface area contributed by atoms with Crippen LogP contribution in [0.25, 0.3) is 0 Å². The Kier molecular flexibility index (Phi) is 18.2. The predicted octanol–water partition coefficient (Wildman–Crippen LogP) is 0.731. The largest absolute Gasteiger partial charge is 0.467 e. The molecule has 1 saturated heterocycles. The van der Waals surface area contributed by atoms with Gasteiger partial charge in [0.25, 0.3) is 0 Å². The van der Waals surface area contributed by atoms with Crippen molar-refractivity contribution in [3.8, 4) is 0 Å². The standard InChI is InChI=1S/C34H48N4O10/c1-43-33(41)31(27-9-5-3-6-10-27)35-29(39)25-37-13-17-45-21-23-47-19-15-38(16-20-48-24-22-46-18-14-37)26-30(40)36-32(34(42)44-2)28-11-7-4-8-12-28/h3-12,31-32H,13-26H2,1-2H3,(H,35,39)(H,36,40)/t31-,32-/m1/s1. The van der Waals surface area contributed by atoms with Crippen molar-refractivity contribution in [3.63, 3.8) is 0 Å². The summed E-state index contributed by atoms with van der Waals surface area (Å²) in [6, 6.07) is 16.0. The van der Waals surface area contributed by atoms with Gasteiger partial charge in [0.2, 0.25) is 11.8 Å². The first-order valence-electron chi connectivity index (χ1n) is 16.0. The molecule has 0 unspecified atom stereocenters. The highest BCUT2D eigenvalue weighted by Gasteiger charge is 2.25. The van der Waals surface area contributed by atoms with Gasteiger partial charge in [-0.3, -0.25) is 19.4 Å². The van der Waals surface area contributed by atoms with E-state index in [1.807, 2.05) is 21.9 Å². The Labute approximate surface area is 281 Å². The maximum atomic E-state index is 13.0. The van der Waals surface area contributed by atoms with Crippen molar-refractivity contribution in [1.29, 1.82) is 0 Å². The summed E-state index contributed by atoms with van der Waals surface area (Å²) in [5, 5.41) is 5.55. The fraction of sp³-hybridized carbons (Fsp3) is 0.529. The molecule has 0 bridgehead atoms. The number of ether oxygens (including phenoxy) is 6. The van der Waals surface area contributed by atoms with E-state index < -0.39 is 24.0 Å². The number of hydrogen-bond acceptors (Lipinski definition) is 12. The van der Waals surface area contributed by atoms with E-state index in [1.165, 1.54) is 14.2 Å². The molecule has 1 heterocycles. The topological polar surface area (TPSA) is 154 Å². The molecule has 2 amide bonds. The molecule has 0 aliphatic carbocycles. The highest BCUT2D eigenvalue weighted by Crippen LogP contribution is 2.15. The predicted molar refractivity (Wildman–Crippen MR) is 175 cm³/mol. The fourth-order valence-corrected chi connectivity index (χ4v) is 4.86. The fourth-order valence-electron chi connectivity index (χ4n) is 4.86. The van der Waals surface area contributed by atoms with Crippen LogP contribution in [0, 0.1) is 0 Å². The summed E-state index contributed by atoms with van der Waals surface area (Å²) in [6.45, 7) is 4.70. The first-order valence-corrected chi connectivity index (χ1v) is 16.0. The lowest BCUT2D eigenvalue weighted by Gasteiger charge is -2.24. The summed E-state index contributed by atoms with van der Waals surface area (Å²) in [6.07, 6.45) is 0. The van der Waals surface area contributed by atoms with Gasteiger partial charge in [-0.05, 0) is 11.1 Å². The van der Waals surface area contributed by atoms with Gasteiger partial charge in [0.1, 0.15) is 0 Å². The van der Waals surface area contributed by atoms with Crippen LogP contribution in [-0.2, 0) is 47.6 Å². The van der Waals surface area contributed by atoms with Crippen molar-refractivity contribution in [2.45, 2.75) is 12.1 Å². The van der Waals surface area contributed by atoms with Crippen LogP contribution < -0.4 is 10.6 Å². The molecule has 1 aliphatic heterocycles. The molecule has 0 spiro atoms. The third-order valence-electron chi connectivity index (χ3n) is 7.44. The Morgan fingerprint density at radius 2 is 0.875 bits per heavy atom. The van der Waals surface area contributed by atoms with Crippen LogP contribution in [0.2, 0.25) is 0 Å². The molecule has 2 aromatic rings. The third-order valence-corrected chi connectivity index (χ3v) is 7.44. The van der Waals surface area contributed by atoms with Crippen molar-refractivity contribution in [2.24, 2.45) is 0 Å². The minimum Gasteiger partial charge on any atom is -0.467 e. The second kappa shape index (κ2) is 22.6. The van der Waals surface area contributed by atoms with E-state index in [4.69, 9.17) is 28.4 Å². The molecule has 0 aromatic heterocycles. The number of esters is 2. The normalized spacial score (nSPS) is 17.9. The SMILES string of the molecule is COC(=O)[C@H](NC(=O)CN1CCOCCOCCN(CC(=O)N[C@@H](C(=O)OC)c2ccccc2)CCOCCOCC1)c1ccccc1. The molecule has 3 rings (SSSR count). The number of amides is 2. The zero-order chi connectivity index (χ0) is 34.4. The van der Waals surface area contributed by atoms with Gasteiger partial charge < -0.3 is 39.1 Å². The number of carbonyl (C=O) groups is 4. The van der Waals surface area contributed by atoms with Crippen LogP contribution >= 0.6 is 0 Å². The van der Waals surface area contributed by atoms with E-state index in [2.05, 4.69) is 10.6 Å². The van der Waals surface area contributed by atoms with Gasteiger partial charge in [0.15, 0.2) is 12.1 Å². The zero-order valence-corrected chi connectivity index (χ0v) is 27.8. The summed E-state index contributed by atoms with van der Waals surface area (Å²) < 4.78 is 32.8. The van der Waals surface area contributed by atoms with Crippen molar-refractivity contribution in [3.05, 3.63) is 71.8 Å². The molecule has 48 heavy (non-hydrogen) atoms. The minimum absolute atomic E-state index is 0.0369. The van der Waals surface area contributed by atoms with E-state index in [9.17, 15) is 19.2 Å². The lowest BCUT2D eigenvalue weighted by Crippen LogP contribution is -2.43. The van der Waals surface area contributed by atoms with E-state index >= 15 is 0 Å². The van der Waals surface area contributed by atoms with Crippen LogP contribution in [0.3, 0.4) is 0 Å². The first-order chi connectivity index (χ1) is 23.4. The smallest absolute Gasteiger partial charge is 0.333 e. The van der Waals surface area contributed by atoms with Crippen LogP contribution in [-0.4, -0.2) is 140 Å².